The Morgan fingerprint density at radius 3 is 2.44 bits per heavy atom. The average molecular weight is 128 g/mol. The van der Waals surface area contributed by atoms with Crippen LogP contribution >= 0.6 is 0 Å². The van der Waals surface area contributed by atoms with E-state index in [0.29, 0.717) is 5.92 Å². The van der Waals surface area contributed by atoms with Crippen LogP contribution < -0.4 is 0 Å². The third kappa shape index (κ3) is 3.31. The minimum absolute atomic E-state index is 0.639. The van der Waals surface area contributed by atoms with Crippen molar-refractivity contribution in [3.63, 3.8) is 0 Å². The Morgan fingerprint density at radius 1 is 1.56 bits per heavy atom. The maximum absolute atomic E-state index is 5.08. The summed E-state index contributed by atoms with van der Waals surface area (Å²) >= 11 is 0. The third-order valence-corrected chi connectivity index (χ3v) is 1.30. The van der Waals surface area contributed by atoms with Gasteiger partial charge in [0.05, 0.1) is 6.61 Å². The van der Waals surface area contributed by atoms with Crippen molar-refractivity contribution in [1.29, 1.82) is 0 Å². The Morgan fingerprint density at radius 2 is 2.22 bits per heavy atom. The summed E-state index contributed by atoms with van der Waals surface area (Å²) in [5, 5.41) is 0. The van der Waals surface area contributed by atoms with Crippen LogP contribution in [0, 0.1) is 5.92 Å². The molecule has 1 atom stereocenters. The molecule has 0 aromatic carbocycles. The van der Waals surface area contributed by atoms with Crippen molar-refractivity contribution in [3.05, 3.63) is 12.7 Å². The van der Waals surface area contributed by atoms with Crippen molar-refractivity contribution in [1.82, 2.24) is 0 Å². The molecule has 0 aliphatic carbocycles. The van der Waals surface area contributed by atoms with Crippen LogP contribution in [0.15, 0.2) is 12.7 Å². The fraction of sp³-hybridized carbons (Fsp3) is 0.750. The highest BCUT2D eigenvalue weighted by Crippen LogP contribution is 2.11. The molecule has 1 saturated heterocycles. The minimum atomic E-state index is 0.639. The van der Waals surface area contributed by atoms with E-state index in [1.165, 1.54) is 6.42 Å². The van der Waals surface area contributed by atoms with Crippen LogP contribution in [0.2, 0.25) is 0 Å². The lowest BCUT2D eigenvalue weighted by molar-refractivity contribution is 0.191. The summed E-state index contributed by atoms with van der Waals surface area (Å²) in [6.07, 6.45) is 3.14. The summed E-state index contributed by atoms with van der Waals surface area (Å²) in [5.74, 6) is 0.639. The van der Waals surface area contributed by atoms with E-state index >= 15 is 0 Å². The first-order valence-electron chi connectivity index (χ1n) is 3.64. The van der Waals surface area contributed by atoms with Gasteiger partial charge in [0.15, 0.2) is 0 Å². The predicted octanol–water partition coefficient (Wildman–Crippen LogP) is 2.24. The summed E-state index contributed by atoms with van der Waals surface area (Å²) in [4.78, 5) is 0. The van der Waals surface area contributed by atoms with Gasteiger partial charge in [-0.1, -0.05) is 19.9 Å². The Hall–Kier alpha value is -0.300. The topological polar surface area (TPSA) is 9.23 Å². The van der Waals surface area contributed by atoms with Crippen LogP contribution in [0.25, 0.3) is 0 Å². The molecule has 1 rings (SSSR count). The highest BCUT2D eigenvalue weighted by Gasteiger charge is 2.09. The van der Waals surface area contributed by atoms with Gasteiger partial charge >= 0.3 is 0 Å². The van der Waals surface area contributed by atoms with E-state index in [1.54, 1.807) is 0 Å². The smallest absolute Gasteiger partial charge is 0.0529 e. The highest BCUT2D eigenvalue weighted by molar-refractivity contribution is 4.81. The zero-order valence-corrected chi connectivity index (χ0v) is 6.39. The molecular weight excluding hydrogens is 112 g/mol. The summed E-state index contributed by atoms with van der Waals surface area (Å²) in [6.45, 7) is 9.48. The lowest BCUT2D eigenvalue weighted by Gasteiger charge is -1.92. The molecule has 0 aromatic heterocycles. The van der Waals surface area contributed by atoms with Gasteiger partial charge in [0.25, 0.3) is 0 Å². The molecule has 1 aliphatic rings. The molecule has 0 radical (unpaired) electrons. The van der Waals surface area contributed by atoms with Gasteiger partial charge in [-0.25, -0.2) is 0 Å². The van der Waals surface area contributed by atoms with Gasteiger partial charge in [0, 0.05) is 12.5 Å². The van der Waals surface area contributed by atoms with Gasteiger partial charge in [-0.05, 0) is 6.42 Å². The van der Waals surface area contributed by atoms with Crippen LogP contribution in [0.3, 0.4) is 0 Å². The normalized spacial score (nSPS) is 24.4. The zero-order chi connectivity index (χ0) is 7.11. The summed E-state index contributed by atoms with van der Waals surface area (Å²) in [7, 11) is 0. The molecule has 54 valence electrons. The Kier molecular flexibility index (Phi) is 5.64. The van der Waals surface area contributed by atoms with Gasteiger partial charge in [-0.3, -0.25) is 0 Å². The highest BCUT2D eigenvalue weighted by atomic mass is 16.5. The van der Waals surface area contributed by atoms with Crippen molar-refractivity contribution in [2.75, 3.05) is 13.2 Å². The number of rotatable bonds is 1. The fourth-order valence-corrected chi connectivity index (χ4v) is 0.739. The molecular formula is C8H16O. The molecule has 9 heavy (non-hydrogen) atoms. The maximum atomic E-state index is 5.08. The molecule has 0 bridgehead atoms. The van der Waals surface area contributed by atoms with Crippen LogP contribution in [0.1, 0.15) is 20.3 Å². The minimum Gasteiger partial charge on any atom is -0.381 e. The summed E-state index contributed by atoms with van der Waals surface area (Å²) < 4.78 is 5.08. The van der Waals surface area contributed by atoms with Gasteiger partial charge in [0.1, 0.15) is 0 Å². The molecule has 1 heterocycles. The molecule has 0 amide bonds. The molecule has 1 fully saturated rings. The number of hydrogen-bond donors (Lipinski definition) is 0. The molecule has 0 aromatic rings. The Bertz CT molecular complexity index is 63.0. The van der Waals surface area contributed by atoms with Crippen LogP contribution in [0.5, 0.6) is 0 Å². The quantitative estimate of drug-likeness (QED) is 0.492. The molecule has 1 heteroatoms. The number of hydrogen-bond acceptors (Lipinski definition) is 1. The van der Waals surface area contributed by atoms with Gasteiger partial charge in [-0.15, -0.1) is 6.58 Å². The second kappa shape index (κ2) is 5.83. The lowest BCUT2D eigenvalue weighted by Crippen LogP contribution is -1.90. The van der Waals surface area contributed by atoms with Crippen LogP contribution in [-0.4, -0.2) is 13.2 Å². The SMILES string of the molecule is C=C[C@@H]1CCOC1.CC. The first kappa shape index (κ1) is 8.70. The molecule has 0 spiro atoms. The van der Waals surface area contributed by atoms with E-state index in [1.807, 2.05) is 19.9 Å². The van der Waals surface area contributed by atoms with Crippen molar-refractivity contribution >= 4 is 0 Å². The second-order valence-corrected chi connectivity index (χ2v) is 1.86. The van der Waals surface area contributed by atoms with Crippen molar-refractivity contribution < 1.29 is 4.74 Å². The standard InChI is InChI=1S/C6H10O.C2H6/c1-2-6-3-4-7-5-6;1-2/h2,6H,1,3-5H2;1-2H3/t6-;/m1./s1. The lowest BCUT2D eigenvalue weighted by atomic mass is 10.1. The molecule has 0 saturated carbocycles. The molecule has 0 N–H and O–H groups in total. The van der Waals surface area contributed by atoms with E-state index in [-0.39, 0.29) is 0 Å². The first-order chi connectivity index (χ1) is 4.43. The first-order valence-corrected chi connectivity index (χ1v) is 3.64. The number of ether oxygens (including phenoxy) is 1. The largest absolute Gasteiger partial charge is 0.381 e. The van der Waals surface area contributed by atoms with Gasteiger partial charge in [0.2, 0.25) is 0 Å². The molecule has 0 unspecified atom stereocenters. The maximum Gasteiger partial charge on any atom is 0.0529 e. The Labute approximate surface area is 57.7 Å². The predicted molar refractivity (Wildman–Crippen MR) is 40.5 cm³/mol. The molecule has 1 nitrogen and oxygen atoms in total. The van der Waals surface area contributed by atoms with Crippen LogP contribution in [0.4, 0.5) is 0 Å². The van der Waals surface area contributed by atoms with Gasteiger partial charge < -0.3 is 4.74 Å². The van der Waals surface area contributed by atoms with Crippen LogP contribution in [-0.2, 0) is 4.74 Å². The summed E-state index contributed by atoms with van der Waals surface area (Å²) in [5.41, 5.74) is 0. The third-order valence-electron chi connectivity index (χ3n) is 1.30. The van der Waals surface area contributed by atoms with E-state index < -0.39 is 0 Å². The fourth-order valence-electron chi connectivity index (χ4n) is 0.739. The van der Waals surface area contributed by atoms with E-state index in [4.69, 9.17) is 4.74 Å². The van der Waals surface area contributed by atoms with E-state index in [2.05, 4.69) is 6.58 Å². The average Bonchev–Trinajstić information content (AvgIpc) is 2.43. The monoisotopic (exact) mass is 128 g/mol. The van der Waals surface area contributed by atoms with Crippen molar-refractivity contribution in [3.8, 4) is 0 Å². The Balaban J connectivity index is 0.000000291. The molecule has 1 aliphatic heterocycles. The van der Waals surface area contributed by atoms with Crippen molar-refractivity contribution in [2.45, 2.75) is 20.3 Å². The zero-order valence-electron chi connectivity index (χ0n) is 6.39. The van der Waals surface area contributed by atoms with E-state index in [9.17, 15) is 0 Å². The van der Waals surface area contributed by atoms with E-state index in [0.717, 1.165) is 13.2 Å². The second-order valence-electron chi connectivity index (χ2n) is 1.86. The summed E-state index contributed by atoms with van der Waals surface area (Å²) in [6, 6.07) is 0. The van der Waals surface area contributed by atoms with Crippen molar-refractivity contribution in [2.24, 2.45) is 5.92 Å². The van der Waals surface area contributed by atoms with Gasteiger partial charge in [-0.2, -0.15) is 0 Å².